The van der Waals surface area contributed by atoms with Crippen LogP contribution in [0.5, 0.6) is 17.2 Å². The molecule has 43 heavy (non-hydrogen) atoms. The van der Waals surface area contributed by atoms with Crippen molar-refractivity contribution in [2.75, 3.05) is 0 Å². The molecule has 228 valence electrons. The smallest absolute Gasteiger partial charge is 0.130 e. The van der Waals surface area contributed by atoms with Crippen molar-refractivity contribution in [3.05, 3.63) is 136 Å². The van der Waals surface area contributed by atoms with Gasteiger partial charge >= 0.3 is 0 Å². The Labute approximate surface area is 260 Å². The maximum atomic E-state index is 10.5. The topological polar surface area (TPSA) is 38.7 Å². The van der Waals surface area contributed by atoms with E-state index < -0.39 is 0 Å². The molecule has 0 atom stereocenters. The molecule has 0 aliphatic rings. The van der Waals surface area contributed by atoms with E-state index in [1.165, 1.54) is 22.3 Å². The standard InChI is InChI=1S/C40H50O3/c1-31(2)15-12-16-32(3)17-13-18-33(4)19-14-20-34(5)25-26-38-39(42-29-35-21-8-6-9-22-35)27-37(41)28-40(38)43-30-36-23-10-7-11-24-36/h6-11,15,17,19,21-25,27-28,41H,12-14,16,18,20,26,29-30H2,1-5H3. The summed E-state index contributed by atoms with van der Waals surface area (Å²) in [5, 5.41) is 10.5. The number of phenols is 1. The molecule has 1 N–H and O–H groups in total. The third-order valence-corrected chi connectivity index (χ3v) is 7.44. The maximum absolute atomic E-state index is 10.5. The van der Waals surface area contributed by atoms with Crippen molar-refractivity contribution in [3.8, 4) is 17.2 Å². The van der Waals surface area contributed by atoms with Gasteiger partial charge in [-0.15, -0.1) is 0 Å². The summed E-state index contributed by atoms with van der Waals surface area (Å²) < 4.78 is 12.5. The van der Waals surface area contributed by atoms with Crippen LogP contribution < -0.4 is 9.47 Å². The minimum absolute atomic E-state index is 0.133. The van der Waals surface area contributed by atoms with Gasteiger partial charge in [0.1, 0.15) is 30.5 Å². The Balaban J connectivity index is 1.63. The van der Waals surface area contributed by atoms with Crippen LogP contribution in [-0.4, -0.2) is 5.11 Å². The van der Waals surface area contributed by atoms with E-state index in [2.05, 4.69) is 58.9 Å². The number of phenolic OH excluding ortho intramolecular Hbond substituents is 1. The van der Waals surface area contributed by atoms with Crippen molar-refractivity contribution >= 4 is 0 Å². The predicted molar refractivity (Wildman–Crippen MR) is 182 cm³/mol. The van der Waals surface area contributed by atoms with E-state index in [1.807, 2.05) is 60.7 Å². The third kappa shape index (κ3) is 13.2. The predicted octanol–water partition coefficient (Wildman–Crippen LogP) is 11.2. The van der Waals surface area contributed by atoms with Crippen molar-refractivity contribution < 1.29 is 14.6 Å². The summed E-state index contributed by atoms with van der Waals surface area (Å²) in [5.74, 6) is 1.43. The van der Waals surface area contributed by atoms with Crippen molar-refractivity contribution in [1.82, 2.24) is 0 Å². The van der Waals surface area contributed by atoms with Gasteiger partial charge in [-0.05, 0) is 90.7 Å². The molecule has 3 heteroatoms. The van der Waals surface area contributed by atoms with Crippen LogP contribution in [-0.2, 0) is 19.6 Å². The molecule has 0 amide bonds. The third-order valence-electron chi connectivity index (χ3n) is 7.44. The average Bonchev–Trinajstić information content (AvgIpc) is 2.99. The van der Waals surface area contributed by atoms with E-state index >= 15 is 0 Å². The minimum Gasteiger partial charge on any atom is -0.508 e. The van der Waals surface area contributed by atoms with Crippen molar-refractivity contribution in [3.63, 3.8) is 0 Å². The van der Waals surface area contributed by atoms with Gasteiger partial charge in [-0.2, -0.15) is 0 Å². The van der Waals surface area contributed by atoms with E-state index in [9.17, 15) is 5.11 Å². The van der Waals surface area contributed by atoms with E-state index in [-0.39, 0.29) is 5.75 Å². The average molecular weight is 579 g/mol. The number of hydrogen-bond acceptors (Lipinski definition) is 3. The molecule has 0 unspecified atom stereocenters. The lowest BCUT2D eigenvalue weighted by Crippen LogP contribution is -2.03. The second kappa shape index (κ2) is 18.5. The molecule has 0 bridgehead atoms. The van der Waals surface area contributed by atoms with Crippen LogP contribution >= 0.6 is 0 Å². The highest BCUT2D eigenvalue weighted by atomic mass is 16.5. The second-order valence-electron chi connectivity index (χ2n) is 11.7. The Morgan fingerprint density at radius 2 is 1.00 bits per heavy atom. The zero-order valence-electron chi connectivity index (χ0n) is 26.9. The van der Waals surface area contributed by atoms with Crippen LogP contribution in [0.1, 0.15) is 89.8 Å². The van der Waals surface area contributed by atoms with Crippen molar-refractivity contribution in [2.45, 2.75) is 92.8 Å². The highest BCUT2D eigenvalue weighted by molar-refractivity contribution is 5.51. The van der Waals surface area contributed by atoms with Gasteiger partial charge < -0.3 is 14.6 Å². The summed E-state index contributed by atoms with van der Waals surface area (Å²) in [6.45, 7) is 11.9. The number of benzene rings is 3. The molecule has 0 heterocycles. The number of ether oxygens (including phenoxy) is 2. The van der Waals surface area contributed by atoms with Crippen LogP contribution in [0, 0.1) is 0 Å². The summed E-state index contributed by atoms with van der Waals surface area (Å²) in [4.78, 5) is 0. The lowest BCUT2D eigenvalue weighted by Gasteiger charge is -2.17. The summed E-state index contributed by atoms with van der Waals surface area (Å²) in [7, 11) is 0. The number of rotatable bonds is 17. The fourth-order valence-corrected chi connectivity index (χ4v) is 4.80. The van der Waals surface area contributed by atoms with Gasteiger partial charge in [-0.3, -0.25) is 0 Å². The fraction of sp³-hybridized carbons (Fsp3) is 0.350. The van der Waals surface area contributed by atoms with Crippen LogP contribution in [0.2, 0.25) is 0 Å². The van der Waals surface area contributed by atoms with Gasteiger partial charge in [0.2, 0.25) is 0 Å². The first-order valence-electron chi connectivity index (χ1n) is 15.6. The Kier molecular flexibility index (Phi) is 14.4. The summed E-state index contributed by atoms with van der Waals surface area (Å²) in [6.07, 6.45) is 16.6. The zero-order valence-corrected chi connectivity index (χ0v) is 26.9. The first-order valence-corrected chi connectivity index (χ1v) is 15.6. The van der Waals surface area contributed by atoms with Gasteiger partial charge in [0.05, 0.1) is 0 Å². The maximum Gasteiger partial charge on any atom is 0.130 e. The molecule has 3 aromatic rings. The summed E-state index contributed by atoms with van der Waals surface area (Å²) >= 11 is 0. The molecule has 0 aliphatic heterocycles. The SMILES string of the molecule is CC(C)=CCCC(C)=CCCC(C)=CCCC(C)=CCc1c(OCc2ccccc2)cc(O)cc1OCc1ccccc1. The van der Waals surface area contributed by atoms with Gasteiger partial charge in [-0.1, -0.05) is 107 Å². The van der Waals surface area contributed by atoms with Gasteiger partial charge in [-0.25, -0.2) is 0 Å². The lowest BCUT2D eigenvalue weighted by molar-refractivity contribution is 0.282. The first-order chi connectivity index (χ1) is 20.8. The molecule has 0 spiro atoms. The Bertz CT molecular complexity index is 1310. The number of hydrogen-bond donors (Lipinski definition) is 1. The molecular formula is C40H50O3. The first kappa shape index (κ1) is 33.5. The summed E-state index contributed by atoms with van der Waals surface area (Å²) in [6, 6.07) is 23.6. The van der Waals surface area contributed by atoms with Crippen LogP contribution in [0.25, 0.3) is 0 Å². The molecule has 0 radical (unpaired) electrons. The molecule has 0 saturated carbocycles. The second-order valence-corrected chi connectivity index (χ2v) is 11.7. The highest BCUT2D eigenvalue weighted by Crippen LogP contribution is 2.36. The van der Waals surface area contributed by atoms with E-state index in [4.69, 9.17) is 9.47 Å². The Morgan fingerprint density at radius 3 is 1.44 bits per heavy atom. The summed E-state index contributed by atoms with van der Waals surface area (Å²) in [5.41, 5.74) is 8.76. The molecule has 3 aromatic carbocycles. The largest absolute Gasteiger partial charge is 0.508 e. The van der Waals surface area contributed by atoms with Gasteiger partial charge in [0.25, 0.3) is 0 Å². The van der Waals surface area contributed by atoms with Crippen LogP contribution in [0.4, 0.5) is 0 Å². The van der Waals surface area contributed by atoms with Crippen molar-refractivity contribution in [1.29, 1.82) is 0 Å². The number of allylic oxidation sites excluding steroid dienone is 8. The molecule has 3 rings (SSSR count). The molecule has 0 aliphatic carbocycles. The molecule has 0 fully saturated rings. The molecular weight excluding hydrogens is 528 g/mol. The Hall–Kier alpha value is -3.98. The number of aromatic hydroxyl groups is 1. The minimum atomic E-state index is 0.133. The highest BCUT2D eigenvalue weighted by Gasteiger charge is 2.14. The van der Waals surface area contributed by atoms with E-state index in [0.29, 0.717) is 31.1 Å². The quantitative estimate of drug-likeness (QED) is 0.162. The normalized spacial score (nSPS) is 12.3. The molecule has 0 aromatic heterocycles. The van der Waals surface area contributed by atoms with Gasteiger partial charge in [0.15, 0.2) is 0 Å². The lowest BCUT2D eigenvalue weighted by atomic mass is 10.0. The van der Waals surface area contributed by atoms with Crippen molar-refractivity contribution in [2.24, 2.45) is 0 Å². The zero-order chi connectivity index (χ0) is 30.9. The van der Waals surface area contributed by atoms with Gasteiger partial charge in [0, 0.05) is 17.7 Å². The monoisotopic (exact) mass is 578 g/mol. The molecule has 3 nitrogen and oxygen atoms in total. The molecule has 0 saturated heterocycles. The van der Waals surface area contributed by atoms with Crippen LogP contribution in [0.15, 0.2) is 119 Å². The van der Waals surface area contributed by atoms with E-state index in [0.717, 1.165) is 55.2 Å². The van der Waals surface area contributed by atoms with E-state index in [1.54, 1.807) is 12.1 Å². The van der Waals surface area contributed by atoms with Crippen LogP contribution in [0.3, 0.4) is 0 Å². The fourth-order valence-electron chi connectivity index (χ4n) is 4.80. The Morgan fingerprint density at radius 1 is 0.581 bits per heavy atom.